The summed E-state index contributed by atoms with van der Waals surface area (Å²) < 4.78 is 2.26. The van der Waals surface area contributed by atoms with E-state index >= 15 is 0 Å². The van der Waals surface area contributed by atoms with Crippen molar-refractivity contribution >= 4 is 0 Å². The Kier molecular flexibility index (Phi) is 5.43. The van der Waals surface area contributed by atoms with Gasteiger partial charge in [-0.15, -0.1) is 0 Å². The molecule has 86 valence electrons. The lowest BCUT2D eigenvalue weighted by molar-refractivity contribution is 0.237. The molecule has 0 aromatic carbocycles. The van der Waals surface area contributed by atoms with E-state index in [0.717, 1.165) is 25.9 Å². The van der Waals surface area contributed by atoms with Crippen LogP contribution < -0.4 is 5.32 Å². The van der Waals surface area contributed by atoms with Crippen LogP contribution in [0, 0.1) is 0 Å². The molecule has 0 fully saturated rings. The number of nitrogens with one attached hydrogen (secondary N) is 1. The zero-order valence-corrected chi connectivity index (χ0v) is 9.74. The van der Waals surface area contributed by atoms with Gasteiger partial charge in [-0.2, -0.15) is 0 Å². The molecule has 1 unspecified atom stereocenters. The summed E-state index contributed by atoms with van der Waals surface area (Å²) in [4.78, 5) is 0. The van der Waals surface area contributed by atoms with Crippen molar-refractivity contribution in [1.82, 2.24) is 9.88 Å². The Labute approximate surface area is 92.1 Å². The number of aromatic nitrogens is 1. The highest BCUT2D eigenvalue weighted by molar-refractivity contribution is 5.07. The number of hydrogen-bond donors (Lipinski definition) is 2. The molecule has 0 radical (unpaired) electrons. The third kappa shape index (κ3) is 3.68. The van der Waals surface area contributed by atoms with Crippen molar-refractivity contribution in [2.45, 2.75) is 45.8 Å². The molecule has 1 aromatic rings. The van der Waals surface area contributed by atoms with Gasteiger partial charge in [-0.25, -0.2) is 0 Å². The molecule has 0 aliphatic rings. The second-order valence-corrected chi connectivity index (χ2v) is 3.86. The lowest BCUT2D eigenvalue weighted by Gasteiger charge is -2.15. The van der Waals surface area contributed by atoms with Gasteiger partial charge in [0.05, 0.1) is 6.61 Å². The summed E-state index contributed by atoms with van der Waals surface area (Å²) >= 11 is 0. The van der Waals surface area contributed by atoms with Gasteiger partial charge in [0.2, 0.25) is 0 Å². The number of aliphatic hydroxyl groups excluding tert-OH is 1. The first-order valence-corrected chi connectivity index (χ1v) is 5.80. The van der Waals surface area contributed by atoms with Gasteiger partial charge in [0.1, 0.15) is 0 Å². The van der Waals surface area contributed by atoms with Crippen LogP contribution in [0.15, 0.2) is 18.3 Å². The third-order valence-corrected chi connectivity index (χ3v) is 2.67. The molecule has 15 heavy (non-hydrogen) atoms. The third-order valence-electron chi connectivity index (χ3n) is 2.67. The minimum absolute atomic E-state index is 0.213. The lowest BCUT2D eigenvalue weighted by Crippen LogP contribution is -2.31. The Morgan fingerprint density at radius 2 is 2.27 bits per heavy atom. The molecular formula is C12H22N2O. The van der Waals surface area contributed by atoms with Crippen LogP contribution in [0.1, 0.15) is 32.4 Å². The second kappa shape index (κ2) is 6.64. The summed E-state index contributed by atoms with van der Waals surface area (Å²) in [5, 5.41) is 12.4. The zero-order valence-electron chi connectivity index (χ0n) is 9.74. The van der Waals surface area contributed by atoms with E-state index in [2.05, 4.69) is 42.1 Å². The van der Waals surface area contributed by atoms with E-state index in [-0.39, 0.29) is 12.6 Å². The van der Waals surface area contributed by atoms with Crippen molar-refractivity contribution in [2.75, 3.05) is 6.61 Å². The number of aliphatic hydroxyl groups is 1. The number of rotatable bonds is 7. The van der Waals surface area contributed by atoms with Gasteiger partial charge in [0, 0.05) is 31.0 Å². The molecule has 1 heterocycles. The molecule has 3 nitrogen and oxygen atoms in total. The smallest absolute Gasteiger partial charge is 0.0584 e. The Hall–Kier alpha value is -0.800. The minimum atomic E-state index is 0.213. The van der Waals surface area contributed by atoms with Gasteiger partial charge in [-0.1, -0.05) is 13.8 Å². The molecule has 0 bridgehead atoms. The van der Waals surface area contributed by atoms with Crippen LogP contribution in [0.4, 0.5) is 0 Å². The summed E-state index contributed by atoms with van der Waals surface area (Å²) in [6.07, 6.45) is 4.23. The van der Waals surface area contributed by atoms with Crippen molar-refractivity contribution in [3.8, 4) is 0 Å². The van der Waals surface area contributed by atoms with Crippen LogP contribution in [-0.2, 0) is 13.1 Å². The lowest BCUT2D eigenvalue weighted by atomic mass is 10.2. The monoisotopic (exact) mass is 210 g/mol. The summed E-state index contributed by atoms with van der Waals surface area (Å²) in [6.45, 7) is 6.38. The molecule has 0 amide bonds. The van der Waals surface area contributed by atoms with Crippen LogP contribution >= 0.6 is 0 Å². The fourth-order valence-electron chi connectivity index (χ4n) is 1.66. The quantitative estimate of drug-likeness (QED) is 0.719. The average molecular weight is 210 g/mol. The summed E-state index contributed by atoms with van der Waals surface area (Å²) in [5.41, 5.74) is 1.30. The van der Waals surface area contributed by atoms with Crippen LogP contribution in [0.25, 0.3) is 0 Å². The highest BCUT2D eigenvalue weighted by Crippen LogP contribution is 2.04. The maximum absolute atomic E-state index is 9.06. The molecule has 0 aliphatic carbocycles. The maximum atomic E-state index is 9.06. The van der Waals surface area contributed by atoms with E-state index in [0.29, 0.717) is 0 Å². The van der Waals surface area contributed by atoms with E-state index in [9.17, 15) is 0 Å². The van der Waals surface area contributed by atoms with Gasteiger partial charge < -0.3 is 15.0 Å². The molecule has 1 aromatic heterocycles. The topological polar surface area (TPSA) is 37.2 Å². The Morgan fingerprint density at radius 3 is 2.87 bits per heavy atom. The van der Waals surface area contributed by atoms with Crippen molar-refractivity contribution in [1.29, 1.82) is 0 Å². The molecule has 0 aliphatic heterocycles. The van der Waals surface area contributed by atoms with E-state index in [1.54, 1.807) is 0 Å². The minimum Gasteiger partial charge on any atom is -0.395 e. The highest BCUT2D eigenvalue weighted by Gasteiger charge is 2.05. The molecule has 1 rings (SSSR count). The predicted octanol–water partition coefficient (Wildman–Crippen LogP) is 1.76. The molecule has 0 saturated heterocycles. The van der Waals surface area contributed by atoms with Gasteiger partial charge in [0.25, 0.3) is 0 Å². The first-order chi connectivity index (χ1) is 7.31. The SMILES string of the molecule is CCCn1cccc1CNC(CC)CO. The van der Waals surface area contributed by atoms with Gasteiger partial charge in [0.15, 0.2) is 0 Å². The van der Waals surface area contributed by atoms with E-state index < -0.39 is 0 Å². The zero-order chi connectivity index (χ0) is 11.1. The van der Waals surface area contributed by atoms with Gasteiger partial charge in [-0.3, -0.25) is 0 Å². The molecule has 2 N–H and O–H groups in total. The first-order valence-electron chi connectivity index (χ1n) is 5.80. The Balaban J connectivity index is 2.45. The number of nitrogens with zero attached hydrogens (tertiary/aromatic N) is 1. The largest absolute Gasteiger partial charge is 0.395 e. The maximum Gasteiger partial charge on any atom is 0.0584 e. The predicted molar refractivity (Wildman–Crippen MR) is 62.7 cm³/mol. The van der Waals surface area contributed by atoms with Crippen LogP contribution in [0.2, 0.25) is 0 Å². The summed E-state index contributed by atoms with van der Waals surface area (Å²) in [6, 6.07) is 4.43. The molecule has 1 atom stereocenters. The Bertz CT molecular complexity index is 266. The van der Waals surface area contributed by atoms with Gasteiger partial charge >= 0.3 is 0 Å². The standard InChI is InChI=1S/C12H22N2O/c1-3-7-14-8-5-6-12(14)9-13-11(4-2)10-15/h5-6,8,11,13,15H,3-4,7,9-10H2,1-2H3. The van der Waals surface area contributed by atoms with E-state index in [1.807, 2.05) is 0 Å². The average Bonchev–Trinajstić information content (AvgIpc) is 2.68. The van der Waals surface area contributed by atoms with Crippen molar-refractivity contribution < 1.29 is 5.11 Å². The van der Waals surface area contributed by atoms with E-state index in [4.69, 9.17) is 5.11 Å². The summed E-state index contributed by atoms with van der Waals surface area (Å²) in [7, 11) is 0. The molecule has 3 heteroatoms. The van der Waals surface area contributed by atoms with Crippen LogP contribution in [-0.4, -0.2) is 22.3 Å². The van der Waals surface area contributed by atoms with Crippen LogP contribution in [0.5, 0.6) is 0 Å². The van der Waals surface area contributed by atoms with E-state index in [1.165, 1.54) is 5.69 Å². The fraction of sp³-hybridized carbons (Fsp3) is 0.667. The fourth-order valence-corrected chi connectivity index (χ4v) is 1.66. The highest BCUT2D eigenvalue weighted by atomic mass is 16.3. The normalized spacial score (nSPS) is 13.0. The van der Waals surface area contributed by atoms with Crippen molar-refractivity contribution in [2.24, 2.45) is 0 Å². The van der Waals surface area contributed by atoms with Crippen molar-refractivity contribution in [3.63, 3.8) is 0 Å². The molecule has 0 saturated carbocycles. The van der Waals surface area contributed by atoms with Crippen molar-refractivity contribution in [3.05, 3.63) is 24.0 Å². The second-order valence-electron chi connectivity index (χ2n) is 3.86. The number of hydrogen-bond acceptors (Lipinski definition) is 2. The number of aryl methyl sites for hydroxylation is 1. The summed E-state index contributed by atoms with van der Waals surface area (Å²) in [5.74, 6) is 0. The molecule has 0 spiro atoms. The van der Waals surface area contributed by atoms with Crippen LogP contribution in [0.3, 0.4) is 0 Å². The van der Waals surface area contributed by atoms with Gasteiger partial charge in [-0.05, 0) is 25.0 Å². The Morgan fingerprint density at radius 1 is 1.47 bits per heavy atom. The first kappa shape index (κ1) is 12.3. The molecular weight excluding hydrogens is 188 g/mol.